The number of aliphatic hydroxyl groups excluding tert-OH is 13. The predicted molar refractivity (Wildman–Crippen MR) is 250 cm³/mol. The predicted octanol–water partition coefficient (Wildman–Crippen LogP) is -2.93. The van der Waals surface area contributed by atoms with Crippen molar-refractivity contribution in [2.75, 3.05) is 19.8 Å². The van der Waals surface area contributed by atoms with Crippen LogP contribution in [-0.2, 0) is 42.6 Å². The van der Waals surface area contributed by atoms with Gasteiger partial charge in [0.25, 0.3) is 0 Å². The fourth-order valence-electron chi connectivity index (χ4n) is 15.6. The van der Waals surface area contributed by atoms with Crippen LogP contribution in [0.1, 0.15) is 99.3 Å². The highest BCUT2D eigenvalue weighted by Crippen LogP contribution is 2.71. The van der Waals surface area contributed by atoms with Gasteiger partial charge in [-0.2, -0.15) is 0 Å². The lowest BCUT2D eigenvalue weighted by atomic mass is 9.44. The average molecular weight is 1070 g/mol. The first kappa shape index (κ1) is 57.8. The summed E-state index contributed by atoms with van der Waals surface area (Å²) in [5.74, 6) is -0.426. The van der Waals surface area contributed by atoms with E-state index in [-0.39, 0.29) is 53.1 Å². The van der Waals surface area contributed by atoms with Gasteiger partial charge in [0.15, 0.2) is 30.9 Å². The normalized spacial score (nSPS) is 57.0. The Kier molecular flexibility index (Phi) is 17.3. The van der Waals surface area contributed by atoms with E-state index in [0.29, 0.717) is 37.5 Å². The number of fused-ring (bicyclic) bond motifs is 7. The lowest BCUT2D eigenvalue weighted by Gasteiger charge is -2.62. The third-order valence-electron chi connectivity index (χ3n) is 20.0. The zero-order valence-corrected chi connectivity index (χ0v) is 43.2. The molecule has 0 spiro atoms. The third-order valence-corrected chi connectivity index (χ3v) is 20.0. The van der Waals surface area contributed by atoms with Gasteiger partial charge >= 0.3 is 0 Å². The topological polar surface area (TPSA) is 366 Å². The van der Waals surface area contributed by atoms with Crippen LogP contribution in [0.15, 0.2) is 0 Å². The van der Waals surface area contributed by atoms with Crippen LogP contribution in [0.25, 0.3) is 0 Å². The summed E-state index contributed by atoms with van der Waals surface area (Å²) in [6.45, 7) is 10.4. The van der Waals surface area contributed by atoms with Crippen molar-refractivity contribution < 1.29 is 114 Å². The van der Waals surface area contributed by atoms with Crippen molar-refractivity contribution in [1.82, 2.24) is 0 Å². The Balaban J connectivity index is 0.845. The maximum Gasteiger partial charge on any atom is 0.187 e. The fourth-order valence-corrected chi connectivity index (χ4v) is 15.6. The quantitative estimate of drug-likeness (QED) is 0.0775. The number of hydrogen-bond acceptors (Lipinski definition) is 23. The van der Waals surface area contributed by atoms with Crippen LogP contribution in [-0.4, -0.2) is 238 Å². The first-order valence-electron chi connectivity index (χ1n) is 27.2. The zero-order valence-electron chi connectivity index (χ0n) is 43.2. The first-order chi connectivity index (χ1) is 34.9. The van der Waals surface area contributed by atoms with E-state index in [4.69, 9.17) is 42.6 Å². The molecular weight excluding hydrogens is 981 g/mol. The van der Waals surface area contributed by atoms with Gasteiger partial charge in [-0.1, -0.05) is 27.7 Å². The van der Waals surface area contributed by atoms with E-state index in [1.54, 1.807) is 0 Å². The van der Waals surface area contributed by atoms with Gasteiger partial charge in [-0.3, -0.25) is 0 Å². The minimum Gasteiger partial charge on any atom is -0.394 e. The highest BCUT2D eigenvalue weighted by Gasteiger charge is 2.69. The molecular formula is C51H86O23. The van der Waals surface area contributed by atoms with E-state index in [1.165, 1.54) is 13.8 Å². The monoisotopic (exact) mass is 1070 g/mol. The summed E-state index contributed by atoms with van der Waals surface area (Å²) >= 11 is 0. The number of ether oxygens (including phenoxy) is 9. The molecule has 0 bridgehead atoms. The van der Waals surface area contributed by atoms with Crippen LogP contribution in [0.3, 0.4) is 0 Å². The number of rotatable bonds is 14. The van der Waals surface area contributed by atoms with Crippen molar-refractivity contribution in [3.63, 3.8) is 0 Å². The Morgan fingerprint density at radius 2 is 1.16 bits per heavy atom. The van der Waals surface area contributed by atoms with Crippen LogP contribution in [0.2, 0.25) is 0 Å². The van der Waals surface area contributed by atoms with Crippen LogP contribution in [0.4, 0.5) is 0 Å². The summed E-state index contributed by atoms with van der Waals surface area (Å²) in [6.07, 6.45) is -25.5. The van der Waals surface area contributed by atoms with Gasteiger partial charge in [-0.25, -0.2) is 0 Å². The molecule has 4 aliphatic carbocycles. The highest BCUT2D eigenvalue weighted by atomic mass is 16.8. The third kappa shape index (κ3) is 10.2. The van der Waals surface area contributed by atoms with E-state index in [0.717, 1.165) is 32.1 Å². The highest BCUT2D eigenvalue weighted by molar-refractivity contribution is 5.15. The Morgan fingerprint density at radius 1 is 0.581 bits per heavy atom. The van der Waals surface area contributed by atoms with Gasteiger partial charge in [-0.05, 0) is 112 Å². The van der Waals surface area contributed by atoms with Crippen molar-refractivity contribution in [3.8, 4) is 0 Å². The van der Waals surface area contributed by atoms with E-state index in [1.807, 2.05) is 6.92 Å². The summed E-state index contributed by atoms with van der Waals surface area (Å²) in [4.78, 5) is 0. The molecule has 9 rings (SSSR count). The molecule has 0 radical (unpaired) electrons. The number of hydrogen-bond donors (Lipinski definition) is 14. The molecule has 4 saturated carbocycles. The standard InChI is InChI=1S/C51H86O23/c1-19(18-66-45-39(61)38(60)35(57)30(16-52)70-45)9-12-51(65)20(2)32-29(74-51)14-26-24-8-7-23-13-28(27(54)15-50(23,6)25(24)10-11-49(26,32)5)69-48-44(73-47-41(63)37(59)34(56)22(4)68-47)42(64)43(31(17-53)71-48)72-46-40(62)36(58)33(55)21(3)67-46/h19-48,52-65H,7-18H2,1-6H3. The van der Waals surface area contributed by atoms with Gasteiger partial charge < -0.3 is 114 Å². The van der Waals surface area contributed by atoms with Gasteiger partial charge in [0.2, 0.25) is 0 Å². The molecule has 74 heavy (non-hydrogen) atoms. The van der Waals surface area contributed by atoms with Gasteiger partial charge in [0, 0.05) is 12.3 Å². The van der Waals surface area contributed by atoms with E-state index >= 15 is 0 Å². The second-order valence-electron chi connectivity index (χ2n) is 24.4. The maximum absolute atomic E-state index is 12.1. The number of aliphatic hydroxyl groups is 14. The average Bonchev–Trinajstić information content (AvgIpc) is 3.82. The smallest absolute Gasteiger partial charge is 0.187 e. The Bertz CT molecular complexity index is 1870. The molecule has 5 aliphatic heterocycles. The van der Waals surface area contributed by atoms with Gasteiger partial charge in [-0.15, -0.1) is 0 Å². The first-order valence-corrected chi connectivity index (χ1v) is 27.2. The minimum atomic E-state index is -1.79. The molecule has 9 fully saturated rings. The molecule has 14 N–H and O–H groups in total. The van der Waals surface area contributed by atoms with Crippen LogP contribution >= 0.6 is 0 Å². The largest absolute Gasteiger partial charge is 0.394 e. The lowest BCUT2D eigenvalue weighted by molar-refractivity contribution is -0.391. The van der Waals surface area contributed by atoms with Crippen LogP contribution in [0, 0.1) is 52.3 Å². The van der Waals surface area contributed by atoms with Gasteiger partial charge in [0.1, 0.15) is 85.5 Å². The molecule has 33 atom stereocenters. The van der Waals surface area contributed by atoms with Crippen LogP contribution < -0.4 is 0 Å². The van der Waals surface area contributed by atoms with E-state index in [2.05, 4.69) is 20.8 Å². The molecule has 0 amide bonds. The molecule has 23 heteroatoms. The molecule has 9 aliphatic rings. The zero-order chi connectivity index (χ0) is 53.7. The second-order valence-corrected chi connectivity index (χ2v) is 24.4. The molecule has 5 heterocycles. The van der Waals surface area contributed by atoms with Crippen LogP contribution in [0.5, 0.6) is 0 Å². The minimum absolute atomic E-state index is 0.0932. The SMILES string of the molecule is CC(CCC1(O)OC2CC3C4CCC5CC(OC6OC(CO)C(OC7OC(C)C(O)C(O)C7O)C(O)C6OC6OC(C)C(O)C(O)C6O)C(O)CC5(C)C4CCC3(C)C2C1C)COC1OC(CO)C(O)C(O)C1O. The molecule has 5 saturated heterocycles. The van der Waals surface area contributed by atoms with Crippen molar-refractivity contribution >= 4 is 0 Å². The Hall–Kier alpha value is -0.920. The summed E-state index contributed by atoms with van der Waals surface area (Å²) in [6, 6.07) is 0. The Labute approximate surface area is 431 Å². The van der Waals surface area contributed by atoms with Crippen molar-refractivity contribution in [3.05, 3.63) is 0 Å². The van der Waals surface area contributed by atoms with E-state index in [9.17, 15) is 71.5 Å². The fraction of sp³-hybridized carbons (Fsp3) is 1.00. The molecule has 0 aromatic rings. The lowest BCUT2D eigenvalue weighted by Crippen LogP contribution is -2.67. The Morgan fingerprint density at radius 3 is 1.78 bits per heavy atom. The summed E-state index contributed by atoms with van der Waals surface area (Å²) in [5, 5.41) is 151. The maximum atomic E-state index is 12.1. The van der Waals surface area contributed by atoms with Crippen molar-refractivity contribution in [1.29, 1.82) is 0 Å². The molecule has 428 valence electrons. The molecule has 23 nitrogen and oxygen atoms in total. The van der Waals surface area contributed by atoms with Gasteiger partial charge in [0.05, 0.1) is 50.3 Å². The summed E-state index contributed by atoms with van der Waals surface area (Å²) in [5.41, 5.74) is -0.377. The van der Waals surface area contributed by atoms with Crippen molar-refractivity contribution in [2.24, 2.45) is 52.3 Å². The molecule has 33 unspecified atom stereocenters. The summed E-state index contributed by atoms with van der Waals surface area (Å²) < 4.78 is 54.4. The van der Waals surface area contributed by atoms with Crippen molar-refractivity contribution in [2.45, 2.75) is 246 Å². The summed E-state index contributed by atoms with van der Waals surface area (Å²) in [7, 11) is 0. The second kappa shape index (κ2) is 22.2. The molecule has 0 aromatic carbocycles. The molecule has 0 aromatic heterocycles. The van der Waals surface area contributed by atoms with E-state index < -0.39 is 154 Å².